The molecular weight excluding hydrogens is 468 g/mol. The van der Waals surface area contributed by atoms with Crippen molar-refractivity contribution in [3.8, 4) is 11.1 Å². The Hall–Kier alpha value is -3.15. The molecule has 0 aliphatic carbocycles. The molecule has 0 aliphatic heterocycles. The number of hydrogen-bond acceptors (Lipinski definition) is 1. The summed E-state index contributed by atoms with van der Waals surface area (Å²) in [6.07, 6.45) is 10.6. The van der Waals surface area contributed by atoms with Gasteiger partial charge in [0.1, 0.15) is 5.82 Å². The predicted octanol–water partition coefficient (Wildman–Crippen LogP) is 8.69. The number of benzene rings is 3. The van der Waals surface area contributed by atoms with E-state index in [1.807, 2.05) is 12.1 Å². The van der Waals surface area contributed by atoms with Gasteiger partial charge in [0.15, 0.2) is 17.5 Å². The number of hydrogen-bond donors (Lipinski definition) is 1. The van der Waals surface area contributed by atoms with Gasteiger partial charge < -0.3 is 5.11 Å². The number of carboxylic acids is 1. The van der Waals surface area contributed by atoms with Gasteiger partial charge in [-0.3, -0.25) is 0 Å². The standard InChI is InChI=1S/C30H32F4O2/c1-2-3-4-5-6-7-8-9-20-10-12-21(13-11-20)14-15-22-16-17-24(30(35)36)28(33)27(22)23-18-25(31)29(34)26(32)19-23/h10-13,16-19H,2-9,14-15H2,1H3,(H,35,36). The van der Waals surface area contributed by atoms with Crippen molar-refractivity contribution in [2.45, 2.75) is 71.1 Å². The SMILES string of the molecule is CCCCCCCCCc1ccc(CCc2ccc(C(=O)O)c(F)c2-c2cc(F)c(F)c(F)c2)cc1. The van der Waals surface area contributed by atoms with E-state index in [-0.39, 0.29) is 11.1 Å². The molecule has 0 saturated carbocycles. The smallest absolute Gasteiger partial charge is 0.338 e. The highest BCUT2D eigenvalue weighted by Crippen LogP contribution is 2.32. The molecule has 0 saturated heterocycles. The van der Waals surface area contributed by atoms with Crippen molar-refractivity contribution in [2.24, 2.45) is 0 Å². The fourth-order valence-corrected chi connectivity index (χ4v) is 4.44. The summed E-state index contributed by atoms with van der Waals surface area (Å²) in [7, 11) is 0. The zero-order valence-electron chi connectivity index (χ0n) is 20.6. The number of aromatic carboxylic acids is 1. The van der Waals surface area contributed by atoms with Gasteiger partial charge in [-0.15, -0.1) is 0 Å². The fraction of sp³-hybridized carbons (Fsp3) is 0.367. The van der Waals surface area contributed by atoms with Crippen LogP contribution in [-0.2, 0) is 19.3 Å². The number of carboxylic acid groups (broad SMARTS) is 1. The molecule has 0 fully saturated rings. The average molecular weight is 501 g/mol. The molecule has 0 spiro atoms. The first-order valence-electron chi connectivity index (χ1n) is 12.6. The van der Waals surface area contributed by atoms with Gasteiger partial charge >= 0.3 is 5.97 Å². The van der Waals surface area contributed by atoms with Crippen LogP contribution in [0, 0.1) is 23.3 Å². The van der Waals surface area contributed by atoms with Gasteiger partial charge in [-0.05, 0) is 66.1 Å². The van der Waals surface area contributed by atoms with Crippen LogP contribution in [0.5, 0.6) is 0 Å². The van der Waals surface area contributed by atoms with Crippen molar-refractivity contribution in [1.29, 1.82) is 0 Å². The first kappa shape index (κ1) is 27.4. The molecule has 0 aliphatic rings. The number of unbranched alkanes of at least 4 members (excludes halogenated alkanes) is 6. The van der Waals surface area contributed by atoms with E-state index in [0.717, 1.165) is 24.5 Å². The van der Waals surface area contributed by atoms with Crippen molar-refractivity contribution >= 4 is 5.97 Å². The van der Waals surface area contributed by atoms with Crippen LogP contribution in [0.2, 0.25) is 0 Å². The molecule has 0 unspecified atom stereocenters. The molecule has 0 radical (unpaired) electrons. The Morgan fingerprint density at radius 2 is 1.25 bits per heavy atom. The third-order valence-electron chi connectivity index (χ3n) is 6.51. The van der Waals surface area contributed by atoms with Crippen LogP contribution in [-0.4, -0.2) is 11.1 Å². The molecule has 3 rings (SSSR count). The van der Waals surface area contributed by atoms with E-state index >= 15 is 4.39 Å². The summed E-state index contributed by atoms with van der Waals surface area (Å²) in [5.41, 5.74) is 1.55. The average Bonchev–Trinajstić information content (AvgIpc) is 2.85. The Morgan fingerprint density at radius 3 is 1.83 bits per heavy atom. The lowest BCUT2D eigenvalue weighted by molar-refractivity contribution is 0.0692. The van der Waals surface area contributed by atoms with Gasteiger partial charge in [0.25, 0.3) is 0 Å². The van der Waals surface area contributed by atoms with E-state index in [2.05, 4.69) is 19.1 Å². The van der Waals surface area contributed by atoms with Crippen molar-refractivity contribution in [3.63, 3.8) is 0 Å². The number of carbonyl (C=O) groups is 1. The first-order valence-corrected chi connectivity index (χ1v) is 12.6. The van der Waals surface area contributed by atoms with E-state index in [1.165, 1.54) is 50.2 Å². The number of aryl methyl sites for hydroxylation is 3. The Balaban J connectivity index is 1.70. The predicted molar refractivity (Wildman–Crippen MR) is 134 cm³/mol. The zero-order valence-corrected chi connectivity index (χ0v) is 20.6. The Kier molecular flexibility index (Phi) is 10.1. The van der Waals surface area contributed by atoms with Crippen LogP contribution in [0.15, 0.2) is 48.5 Å². The maximum Gasteiger partial charge on any atom is 0.338 e. The summed E-state index contributed by atoms with van der Waals surface area (Å²) < 4.78 is 56.3. The van der Waals surface area contributed by atoms with E-state index in [1.54, 1.807) is 0 Å². The summed E-state index contributed by atoms with van der Waals surface area (Å²) in [5, 5.41) is 9.29. The van der Waals surface area contributed by atoms with E-state index < -0.39 is 34.8 Å². The van der Waals surface area contributed by atoms with Crippen LogP contribution < -0.4 is 0 Å². The third-order valence-corrected chi connectivity index (χ3v) is 6.51. The minimum absolute atomic E-state index is 0.233. The Morgan fingerprint density at radius 1 is 0.694 bits per heavy atom. The second-order valence-corrected chi connectivity index (χ2v) is 9.21. The van der Waals surface area contributed by atoms with Crippen LogP contribution in [0.25, 0.3) is 11.1 Å². The zero-order chi connectivity index (χ0) is 26.1. The maximum absolute atomic E-state index is 15.1. The quantitative estimate of drug-likeness (QED) is 0.145. The summed E-state index contributed by atoms with van der Waals surface area (Å²) in [5.74, 6) is -7.19. The minimum atomic E-state index is -1.66. The summed E-state index contributed by atoms with van der Waals surface area (Å²) in [6, 6.07) is 12.1. The van der Waals surface area contributed by atoms with Crippen molar-refractivity contribution < 1.29 is 27.5 Å². The van der Waals surface area contributed by atoms with Crippen molar-refractivity contribution in [2.75, 3.05) is 0 Å². The van der Waals surface area contributed by atoms with Crippen LogP contribution in [0.1, 0.15) is 78.9 Å². The largest absolute Gasteiger partial charge is 0.478 e. The molecule has 2 nitrogen and oxygen atoms in total. The Bertz CT molecular complexity index is 1150. The van der Waals surface area contributed by atoms with Crippen LogP contribution in [0.4, 0.5) is 17.6 Å². The maximum atomic E-state index is 15.1. The minimum Gasteiger partial charge on any atom is -0.478 e. The lowest BCUT2D eigenvalue weighted by atomic mass is 9.92. The normalized spacial score (nSPS) is 11.1. The van der Waals surface area contributed by atoms with Gasteiger partial charge in [0.2, 0.25) is 0 Å². The van der Waals surface area contributed by atoms with Gasteiger partial charge in [-0.1, -0.05) is 75.8 Å². The monoisotopic (exact) mass is 500 g/mol. The third kappa shape index (κ3) is 7.19. The molecule has 0 aromatic heterocycles. The molecule has 0 heterocycles. The van der Waals surface area contributed by atoms with E-state index in [9.17, 15) is 23.1 Å². The van der Waals surface area contributed by atoms with Gasteiger partial charge in [0.05, 0.1) is 5.56 Å². The van der Waals surface area contributed by atoms with Crippen molar-refractivity contribution in [3.05, 3.63) is 94.1 Å². The first-order chi connectivity index (χ1) is 17.3. The molecule has 6 heteroatoms. The Labute approximate surface area is 210 Å². The second kappa shape index (κ2) is 13.2. The molecular formula is C30H32F4O2. The lowest BCUT2D eigenvalue weighted by Gasteiger charge is -2.14. The summed E-state index contributed by atoms with van der Waals surface area (Å²) >= 11 is 0. The summed E-state index contributed by atoms with van der Waals surface area (Å²) in [6.45, 7) is 2.21. The molecule has 3 aromatic carbocycles. The highest BCUT2D eigenvalue weighted by Gasteiger charge is 2.21. The molecule has 0 atom stereocenters. The molecule has 1 N–H and O–H groups in total. The van der Waals surface area contributed by atoms with Crippen molar-refractivity contribution in [1.82, 2.24) is 0 Å². The second-order valence-electron chi connectivity index (χ2n) is 9.21. The topological polar surface area (TPSA) is 37.3 Å². The molecule has 3 aromatic rings. The number of rotatable bonds is 13. The van der Waals surface area contributed by atoms with Gasteiger partial charge in [-0.2, -0.15) is 0 Å². The highest BCUT2D eigenvalue weighted by atomic mass is 19.2. The van der Waals surface area contributed by atoms with E-state index in [0.29, 0.717) is 30.5 Å². The number of halogens is 4. The van der Waals surface area contributed by atoms with Crippen LogP contribution in [0.3, 0.4) is 0 Å². The molecule has 0 amide bonds. The molecule has 0 bridgehead atoms. The fourth-order valence-electron chi connectivity index (χ4n) is 4.44. The highest BCUT2D eigenvalue weighted by molar-refractivity contribution is 5.90. The van der Waals surface area contributed by atoms with Gasteiger partial charge in [-0.25, -0.2) is 22.4 Å². The lowest BCUT2D eigenvalue weighted by Crippen LogP contribution is -2.06. The van der Waals surface area contributed by atoms with Gasteiger partial charge in [0, 0.05) is 5.56 Å². The van der Waals surface area contributed by atoms with E-state index in [4.69, 9.17) is 0 Å². The van der Waals surface area contributed by atoms with Crippen LogP contribution >= 0.6 is 0 Å². The molecule has 192 valence electrons. The summed E-state index contributed by atoms with van der Waals surface area (Å²) in [4.78, 5) is 11.4. The molecule has 36 heavy (non-hydrogen) atoms.